The van der Waals surface area contributed by atoms with Crippen molar-refractivity contribution >= 4 is 51.7 Å². The van der Waals surface area contributed by atoms with Crippen molar-refractivity contribution in [2.24, 2.45) is 7.05 Å². The van der Waals surface area contributed by atoms with Gasteiger partial charge in [0.05, 0.1) is 10.4 Å². The number of nitrogens with two attached hydrogens (primary N) is 1. The summed E-state index contributed by atoms with van der Waals surface area (Å²) in [5.41, 5.74) is 6.11. The van der Waals surface area contributed by atoms with Gasteiger partial charge in [-0.25, -0.2) is 18.7 Å². The summed E-state index contributed by atoms with van der Waals surface area (Å²) in [5, 5.41) is 3.60. The lowest BCUT2D eigenvalue weighted by molar-refractivity contribution is 0.411. The summed E-state index contributed by atoms with van der Waals surface area (Å²) >= 11 is 12.0. The minimum Gasteiger partial charge on any atom is -0.450 e. The van der Waals surface area contributed by atoms with E-state index in [0.29, 0.717) is 16.1 Å². The Kier molecular flexibility index (Phi) is 4.85. The Morgan fingerprint density at radius 3 is 2.55 bits per heavy atom. The van der Waals surface area contributed by atoms with Crippen molar-refractivity contribution < 1.29 is 13.5 Å². The van der Waals surface area contributed by atoms with Crippen molar-refractivity contribution in [3.05, 3.63) is 58.5 Å². The Hall–Kier alpha value is -3.17. The summed E-state index contributed by atoms with van der Waals surface area (Å²) in [7, 11) is 1.75. The van der Waals surface area contributed by atoms with Gasteiger partial charge in [0.1, 0.15) is 22.4 Å². The first-order valence-electron chi connectivity index (χ1n) is 8.15. The topological polar surface area (TPSA) is 90.9 Å². The van der Waals surface area contributed by atoms with E-state index in [1.54, 1.807) is 17.8 Å². The van der Waals surface area contributed by atoms with Gasteiger partial charge in [0.2, 0.25) is 5.95 Å². The molecule has 4 aromatic rings. The molecule has 0 fully saturated rings. The molecular weight excluding hydrogens is 425 g/mol. The lowest BCUT2D eigenvalue weighted by Gasteiger charge is -2.12. The largest absolute Gasteiger partial charge is 0.450 e. The summed E-state index contributed by atoms with van der Waals surface area (Å²) in [6.07, 6.45) is 3.09. The quantitative estimate of drug-likeness (QED) is 0.434. The second kappa shape index (κ2) is 7.34. The van der Waals surface area contributed by atoms with E-state index in [1.165, 1.54) is 18.3 Å². The second-order valence-corrected chi connectivity index (χ2v) is 6.82. The average molecular weight is 437 g/mol. The number of pyridine rings is 1. The molecule has 0 bridgehead atoms. The van der Waals surface area contributed by atoms with Crippen LogP contribution in [0.1, 0.15) is 0 Å². The summed E-state index contributed by atoms with van der Waals surface area (Å²) in [6, 6.07) is 4.94. The number of aryl methyl sites for hydroxylation is 1. The number of fused-ring (bicyclic) bond motifs is 1. The van der Waals surface area contributed by atoms with Crippen LogP contribution in [0.5, 0.6) is 11.5 Å². The highest BCUT2D eigenvalue weighted by Gasteiger charge is 2.18. The van der Waals surface area contributed by atoms with Crippen LogP contribution in [0.15, 0.2) is 36.7 Å². The lowest BCUT2D eigenvalue weighted by Crippen LogP contribution is -2.01. The molecule has 4 rings (SSSR count). The van der Waals surface area contributed by atoms with Gasteiger partial charge in [0.15, 0.2) is 17.4 Å². The van der Waals surface area contributed by atoms with Crippen LogP contribution >= 0.6 is 23.2 Å². The number of aromatic nitrogens is 4. The van der Waals surface area contributed by atoms with Gasteiger partial charge in [0, 0.05) is 43.3 Å². The molecule has 7 nitrogen and oxygen atoms in total. The zero-order valence-electron chi connectivity index (χ0n) is 14.8. The number of nitrogens with zero attached hydrogens (tertiary/aromatic N) is 4. The average Bonchev–Trinajstić information content (AvgIpc) is 2.92. The first kappa shape index (κ1) is 19.2. The van der Waals surface area contributed by atoms with Crippen LogP contribution in [0.25, 0.3) is 11.0 Å². The molecule has 0 aliphatic rings. The molecule has 3 heterocycles. The monoisotopic (exact) mass is 436 g/mol. The van der Waals surface area contributed by atoms with E-state index in [4.69, 9.17) is 33.7 Å². The van der Waals surface area contributed by atoms with Gasteiger partial charge in [-0.3, -0.25) is 0 Å². The zero-order valence-corrected chi connectivity index (χ0v) is 16.3. The number of anilines is 3. The third-order valence-corrected chi connectivity index (χ3v) is 4.45. The van der Waals surface area contributed by atoms with Gasteiger partial charge in [-0.2, -0.15) is 4.98 Å². The van der Waals surface area contributed by atoms with Crippen LogP contribution in [0.2, 0.25) is 10.2 Å². The molecule has 148 valence electrons. The van der Waals surface area contributed by atoms with Crippen LogP contribution in [0, 0.1) is 11.6 Å². The molecule has 0 atom stereocenters. The van der Waals surface area contributed by atoms with E-state index >= 15 is 0 Å². The molecule has 3 aromatic heterocycles. The Balaban J connectivity index is 1.68. The number of benzene rings is 1. The smallest absolute Gasteiger partial charge is 0.223 e. The highest BCUT2D eigenvalue weighted by molar-refractivity contribution is 6.36. The van der Waals surface area contributed by atoms with Crippen molar-refractivity contribution in [3.8, 4) is 11.5 Å². The molecule has 0 unspecified atom stereocenters. The number of nitrogens with one attached hydrogen (secondary N) is 1. The molecule has 0 aliphatic heterocycles. The molecule has 0 saturated carbocycles. The summed E-state index contributed by atoms with van der Waals surface area (Å²) in [4.78, 5) is 11.8. The molecule has 29 heavy (non-hydrogen) atoms. The molecule has 3 N–H and O–H groups in total. The van der Waals surface area contributed by atoms with Crippen molar-refractivity contribution in [2.75, 3.05) is 11.1 Å². The minimum absolute atomic E-state index is 0.0812. The summed E-state index contributed by atoms with van der Waals surface area (Å²) < 4.78 is 36.4. The summed E-state index contributed by atoms with van der Waals surface area (Å²) in [5.74, 6) is -2.17. The third-order valence-electron chi connectivity index (χ3n) is 3.97. The van der Waals surface area contributed by atoms with Gasteiger partial charge in [0.25, 0.3) is 0 Å². The summed E-state index contributed by atoms with van der Waals surface area (Å²) in [6.45, 7) is 0. The van der Waals surface area contributed by atoms with Crippen molar-refractivity contribution in [1.82, 2.24) is 19.5 Å². The number of rotatable bonds is 4. The standard InChI is InChI=1S/C18H12Cl2F2N6O/c1-28-7-9(19)15-12(2-3-24-17(15)28)29-16-10(21)4-8(5-11(16)22)25-14-6-13(20)26-18(23)27-14/h2-7H,1H3,(H3,23,25,26,27). The van der Waals surface area contributed by atoms with E-state index in [-0.39, 0.29) is 28.4 Å². The van der Waals surface area contributed by atoms with Crippen molar-refractivity contribution in [2.45, 2.75) is 0 Å². The Morgan fingerprint density at radius 2 is 1.86 bits per heavy atom. The second-order valence-electron chi connectivity index (χ2n) is 6.03. The highest BCUT2D eigenvalue weighted by Crippen LogP contribution is 2.37. The maximum atomic E-state index is 14.6. The molecule has 0 saturated heterocycles. The minimum atomic E-state index is -0.933. The Morgan fingerprint density at radius 1 is 1.14 bits per heavy atom. The molecule has 1 aromatic carbocycles. The van der Waals surface area contributed by atoms with Crippen LogP contribution in [0.3, 0.4) is 0 Å². The molecule has 0 aliphatic carbocycles. The normalized spacial score (nSPS) is 11.1. The zero-order chi connectivity index (χ0) is 20.7. The predicted octanol–water partition coefficient (Wildman–Crippen LogP) is 5.07. The van der Waals surface area contributed by atoms with Gasteiger partial charge in [-0.1, -0.05) is 23.2 Å². The van der Waals surface area contributed by atoms with E-state index < -0.39 is 17.4 Å². The van der Waals surface area contributed by atoms with E-state index in [9.17, 15) is 8.78 Å². The van der Waals surface area contributed by atoms with Crippen LogP contribution in [-0.2, 0) is 7.05 Å². The fourth-order valence-corrected chi connectivity index (χ4v) is 3.31. The Labute approximate surface area is 173 Å². The van der Waals surface area contributed by atoms with Gasteiger partial charge in [-0.05, 0) is 6.07 Å². The fourth-order valence-electron chi connectivity index (χ4n) is 2.79. The molecule has 0 spiro atoms. The molecule has 0 amide bonds. The number of ether oxygens (including phenoxy) is 1. The van der Waals surface area contributed by atoms with Crippen LogP contribution in [-0.4, -0.2) is 19.5 Å². The number of hydrogen-bond donors (Lipinski definition) is 2. The first-order valence-corrected chi connectivity index (χ1v) is 8.91. The fraction of sp³-hybridized carbons (Fsp3) is 0.0556. The van der Waals surface area contributed by atoms with Gasteiger partial charge in [-0.15, -0.1) is 0 Å². The number of nitrogen functional groups attached to an aromatic ring is 1. The van der Waals surface area contributed by atoms with E-state index in [2.05, 4.69) is 20.3 Å². The van der Waals surface area contributed by atoms with Crippen LogP contribution < -0.4 is 15.8 Å². The number of halogens is 4. The maximum Gasteiger partial charge on any atom is 0.223 e. The van der Waals surface area contributed by atoms with Crippen molar-refractivity contribution in [1.29, 1.82) is 0 Å². The predicted molar refractivity (Wildman–Crippen MR) is 107 cm³/mol. The molecular formula is C18H12Cl2F2N6O. The van der Waals surface area contributed by atoms with Gasteiger partial charge < -0.3 is 20.4 Å². The first-order chi connectivity index (χ1) is 13.8. The SMILES string of the molecule is Cn1cc(Cl)c2c(Oc3c(F)cc(Nc4cc(Cl)nc(N)n4)cc3F)ccnc21. The molecule has 11 heteroatoms. The van der Waals surface area contributed by atoms with Crippen molar-refractivity contribution in [3.63, 3.8) is 0 Å². The number of hydrogen-bond acceptors (Lipinski definition) is 6. The van der Waals surface area contributed by atoms with E-state index in [1.807, 2.05) is 0 Å². The third kappa shape index (κ3) is 3.74. The Bertz CT molecular complexity index is 1200. The maximum absolute atomic E-state index is 14.6. The lowest BCUT2D eigenvalue weighted by atomic mass is 10.2. The highest BCUT2D eigenvalue weighted by atomic mass is 35.5. The van der Waals surface area contributed by atoms with Crippen LogP contribution in [0.4, 0.5) is 26.2 Å². The van der Waals surface area contributed by atoms with Gasteiger partial charge >= 0.3 is 0 Å². The molecule has 0 radical (unpaired) electrons. The van der Waals surface area contributed by atoms with E-state index in [0.717, 1.165) is 12.1 Å².